The summed E-state index contributed by atoms with van der Waals surface area (Å²) in [5.41, 5.74) is 3.95. The molecule has 1 aromatic heterocycles. The summed E-state index contributed by atoms with van der Waals surface area (Å²) in [5, 5.41) is 15.0. The van der Waals surface area contributed by atoms with Crippen molar-refractivity contribution in [3.63, 3.8) is 0 Å². The van der Waals surface area contributed by atoms with Gasteiger partial charge in [0, 0.05) is 10.4 Å². The highest BCUT2D eigenvalue weighted by molar-refractivity contribution is 6.30. The Labute approximate surface area is 144 Å². The molecule has 0 aliphatic heterocycles. The van der Waals surface area contributed by atoms with Crippen LogP contribution in [0.15, 0.2) is 42.5 Å². The van der Waals surface area contributed by atoms with Gasteiger partial charge in [-0.25, -0.2) is 4.79 Å². The molecule has 0 atom stereocenters. The first-order valence-corrected chi connectivity index (χ1v) is 7.91. The molecule has 2 aromatic carbocycles. The Hall–Kier alpha value is -2.37. The Kier molecular flexibility index (Phi) is 4.83. The second kappa shape index (κ2) is 7.03. The standard InChI is InChI=1S/C18H17ClN2O3/c1-12-8-14(19)7-6-13(12)9-21-17-5-3-2-4-15(17)16(20-21)10-24-11-18(22)23/h2-8H,9-11H2,1H3,(H,22,23). The maximum atomic E-state index is 10.6. The third-order valence-electron chi connectivity index (χ3n) is 3.82. The lowest BCUT2D eigenvalue weighted by Crippen LogP contribution is -2.08. The van der Waals surface area contributed by atoms with Crippen LogP contribution in [0.4, 0.5) is 0 Å². The number of benzene rings is 2. The van der Waals surface area contributed by atoms with Gasteiger partial charge in [-0.3, -0.25) is 4.68 Å². The SMILES string of the molecule is Cc1cc(Cl)ccc1Cn1nc(COCC(=O)O)c2ccccc21. The van der Waals surface area contributed by atoms with E-state index in [1.54, 1.807) is 0 Å². The molecule has 0 radical (unpaired) electrons. The second-order valence-corrected chi connectivity index (χ2v) is 6.02. The quantitative estimate of drug-likeness (QED) is 0.741. The molecular weight excluding hydrogens is 328 g/mol. The average Bonchev–Trinajstić information content (AvgIpc) is 2.88. The third kappa shape index (κ3) is 3.58. The summed E-state index contributed by atoms with van der Waals surface area (Å²) in [7, 11) is 0. The Morgan fingerprint density at radius 2 is 2.08 bits per heavy atom. The van der Waals surface area contributed by atoms with Gasteiger partial charge in [0.1, 0.15) is 6.61 Å². The summed E-state index contributed by atoms with van der Waals surface area (Å²) in [5.74, 6) is -0.990. The van der Waals surface area contributed by atoms with Crippen LogP contribution in [0.1, 0.15) is 16.8 Å². The molecule has 3 aromatic rings. The van der Waals surface area contributed by atoms with Gasteiger partial charge in [0.25, 0.3) is 0 Å². The number of aromatic nitrogens is 2. The van der Waals surface area contributed by atoms with E-state index in [0.717, 1.165) is 27.7 Å². The number of carbonyl (C=O) groups is 1. The number of rotatable bonds is 6. The minimum Gasteiger partial charge on any atom is -0.480 e. The molecule has 5 nitrogen and oxygen atoms in total. The van der Waals surface area contributed by atoms with Gasteiger partial charge in [-0.15, -0.1) is 0 Å². The van der Waals surface area contributed by atoms with Crippen LogP contribution in [-0.2, 0) is 22.7 Å². The molecule has 124 valence electrons. The predicted octanol–water partition coefficient (Wildman–Crippen LogP) is 3.65. The van der Waals surface area contributed by atoms with Gasteiger partial charge in [0.05, 0.1) is 24.4 Å². The maximum Gasteiger partial charge on any atom is 0.329 e. The highest BCUT2D eigenvalue weighted by Crippen LogP contribution is 2.22. The van der Waals surface area contributed by atoms with Crippen molar-refractivity contribution >= 4 is 28.5 Å². The highest BCUT2D eigenvalue weighted by Gasteiger charge is 2.12. The van der Waals surface area contributed by atoms with E-state index >= 15 is 0 Å². The van der Waals surface area contributed by atoms with Crippen molar-refractivity contribution in [3.05, 3.63) is 64.3 Å². The molecular formula is C18H17ClN2O3. The number of aliphatic carboxylic acids is 1. The minimum atomic E-state index is -0.990. The fourth-order valence-electron chi connectivity index (χ4n) is 2.66. The first-order valence-electron chi connectivity index (χ1n) is 7.53. The van der Waals surface area contributed by atoms with Crippen molar-refractivity contribution in [2.24, 2.45) is 0 Å². The molecule has 0 amide bonds. The normalized spacial score (nSPS) is 11.1. The summed E-state index contributed by atoms with van der Waals surface area (Å²) < 4.78 is 7.11. The first kappa shape index (κ1) is 16.5. The largest absolute Gasteiger partial charge is 0.480 e. The summed E-state index contributed by atoms with van der Waals surface area (Å²) in [6.07, 6.45) is 0. The maximum absolute atomic E-state index is 10.6. The number of aryl methyl sites for hydroxylation is 1. The van der Waals surface area contributed by atoms with E-state index in [-0.39, 0.29) is 13.2 Å². The number of carboxylic acids is 1. The number of halogens is 1. The lowest BCUT2D eigenvalue weighted by molar-refractivity contribution is -0.142. The fraction of sp³-hybridized carbons (Fsp3) is 0.222. The molecule has 1 N–H and O–H groups in total. The smallest absolute Gasteiger partial charge is 0.329 e. The van der Waals surface area contributed by atoms with E-state index < -0.39 is 5.97 Å². The van der Waals surface area contributed by atoms with Crippen molar-refractivity contribution in [2.45, 2.75) is 20.1 Å². The molecule has 1 heterocycles. The van der Waals surface area contributed by atoms with Gasteiger partial charge in [-0.2, -0.15) is 5.10 Å². The third-order valence-corrected chi connectivity index (χ3v) is 4.06. The van der Waals surface area contributed by atoms with Crippen LogP contribution in [-0.4, -0.2) is 27.5 Å². The van der Waals surface area contributed by atoms with Crippen LogP contribution in [0, 0.1) is 6.92 Å². The van der Waals surface area contributed by atoms with Gasteiger partial charge in [0.15, 0.2) is 0 Å². The van der Waals surface area contributed by atoms with Gasteiger partial charge < -0.3 is 9.84 Å². The fourth-order valence-corrected chi connectivity index (χ4v) is 2.88. The van der Waals surface area contributed by atoms with E-state index in [4.69, 9.17) is 21.4 Å². The number of nitrogens with zero attached hydrogens (tertiary/aromatic N) is 2. The molecule has 0 fully saturated rings. The van der Waals surface area contributed by atoms with Crippen LogP contribution in [0.5, 0.6) is 0 Å². The van der Waals surface area contributed by atoms with Gasteiger partial charge >= 0.3 is 5.97 Å². The summed E-state index contributed by atoms with van der Waals surface area (Å²) in [4.78, 5) is 10.6. The van der Waals surface area contributed by atoms with Crippen molar-refractivity contribution < 1.29 is 14.6 Å². The van der Waals surface area contributed by atoms with Crippen molar-refractivity contribution in [1.82, 2.24) is 9.78 Å². The zero-order chi connectivity index (χ0) is 17.1. The zero-order valence-corrected chi connectivity index (χ0v) is 14.0. The molecule has 3 rings (SSSR count). The molecule has 0 aliphatic rings. The number of para-hydroxylation sites is 1. The summed E-state index contributed by atoms with van der Waals surface area (Å²) in [6, 6.07) is 13.6. The van der Waals surface area contributed by atoms with Crippen LogP contribution in [0.25, 0.3) is 10.9 Å². The molecule has 0 saturated heterocycles. The number of fused-ring (bicyclic) bond motifs is 1. The lowest BCUT2D eigenvalue weighted by Gasteiger charge is -2.07. The second-order valence-electron chi connectivity index (χ2n) is 5.58. The van der Waals surface area contributed by atoms with E-state index in [0.29, 0.717) is 11.6 Å². The Morgan fingerprint density at radius 1 is 1.29 bits per heavy atom. The van der Waals surface area contributed by atoms with Crippen molar-refractivity contribution in [2.75, 3.05) is 6.61 Å². The van der Waals surface area contributed by atoms with Gasteiger partial charge in [-0.05, 0) is 36.2 Å². The topological polar surface area (TPSA) is 64.4 Å². The first-order chi connectivity index (χ1) is 11.5. The van der Waals surface area contributed by atoms with E-state index in [2.05, 4.69) is 5.10 Å². The van der Waals surface area contributed by atoms with E-state index in [1.807, 2.05) is 54.1 Å². The Balaban J connectivity index is 1.91. The van der Waals surface area contributed by atoms with Crippen LogP contribution in [0.3, 0.4) is 0 Å². The molecule has 0 saturated carbocycles. The highest BCUT2D eigenvalue weighted by atomic mass is 35.5. The van der Waals surface area contributed by atoms with Gasteiger partial charge in [-0.1, -0.05) is 35.9 Å². The predicted molar refractivity (Wildman–Crippen MR) is 92.3 cm³/mol. The molecule has 0 spiro atoms. The lowest BCUT2D eigenvalue weighted by atomic mass is 10.1. The van der Waals surface area contributed by atoms with E-state index in [9.17, 15) is 4.79 Å². The van der Waals surface area contributed by atoms with Crippen LogP contribution < -0.4 is 0 Å². The summed E-state index contributed by atoms with van der Waals surface area (Å²) >= 11 is 6.01. The molecule has 24 heavy (non-hydrogen) atoms. The number of carboxylic acid groups (broad SMARTS) is 1. The molecule has 0 bridgehead atoms. The van der Waals surface area contributed by atoms with Crippen LogP contribution >= 0.6 is 11.6 Å². The van der Waals surface area contributed by atoms with Crippen LogP contribution in [0.2, 0.25) is 5.02 Å². The van der Waals surface area contributed by atoms with Crippen molar-refractivity contribution in [1.29, 1.82) is 0 Å². The number of hydrogen-bond acceptors (Lipinski definition) is 3. The Bertz CT molecular complexity index is 889. The van der Waals surface area contributed by atoms with Crippen molar-refractivity contribution in [3.8, 4) is 0 Å². The monoisotopic (exact) mass is 344 g/mol. The van der Waals surface area contributed by atoms with E-state index in [1.165, 1.54) is 0 Å². The Morgan fingerprint density at radius 3 is 2.83 bits per heavy atom. The minimum absolute atomic E-state index is 0.166. The molecule has 6 heteroatoms. The number of ether oxygens (including phenoxy) is 1. The number of hydrogen-bond donors (Lipinski definition) is 1. The molecule has 0 aliphatic carbocycles. The summed E-state index contributed by atoms with van der Waals surface area (Å²) in [6.45, 7) is 2.46. The zero-order valence-electron chi connectivity index (χ0n) is 13.2. The average molecular weight is 345 g/mol. The van der Waals surface area contributed by atoms with Gasteiger partial charge in [0.2, 0.25) is 0 Å². The molecule has 0 unspecified atom stereocenters.